The predicted octanol–water partition coefficient (Wildman–Crippen LogP) is 4.27. The Balaban J connectivity index is 1.85. The van der Waals surface area contributed by atoms with E-state index in [9.17, 15) is 28.3 Å². The summed E-state index contributed by atoms with van der Waals surface area (Å²) in [6.07, 6.45) is 3.74. The fraction of sp³-hybridized carbons (Fsp3) is 0.364. The van der Waals surface area contributed by atoms with Gasteiger partial charge in [0.05, 0.1) is 11.4 Å². The van der Waals surface area contributed by atoms with Crippen molar-refractivity contribution in [2.75, 3.05) is 6.61 Å². The topological polar surface area (TPSA) is 189 Å². The number of allylic oxidation sites excluding steroid dienone is 1. The van der Waals surface area contributed by atoms with Gasteiger partial charge in [0.1, 0.15) is 11.5 Å². The van der Waals surface area contributed by atoms with E-state index in [0.717, 1.165) is 11.1 Å². The number of aliphatic hydroxyl groups excluding tert-OH is 2. The van der Waals surface area contributed by atoms with E-state index in [1.54, 1.807) is 42.5 Å². The summed E-state index contributed by atoms with van der Waals surface area (Å²) in [4.78, 5) is 4.49. The van der Waals surface area contributed by atoms with E-state index in [4.69, 9.17) is 16.2 Å². The van der Waals surface area contributed by atoms with Crippen LogP contribution in [0, 0.1) is 5.92 Å². The van der Waals surface area contributed by atoms with Crippen molar-refractivity contribution < 1.29 is 33.0 Å². The summed E-state index contributed by atoms with van der Waals surface area (Å²) in [6.45, 7) is 1.86. The van der Waals surface area contributed by atoms with Crippen molar-refractivity contribution >= 4 is 16.1 Å². The molecule has 4 aliphatic heterocycles. The van der Waals surface area contributed by atoms with Crippen molar-refractivity contribution in [3.8, 4) is 11.5 Å². The molecule has 4 heterocycles. The van der Waals surface area contributed by atoms with E-state index in [2.05, 4.69) is 4.99 Å². The van der Waals surface area contributed by atoms with Gasteiger partial charge in [-0.2, -0.15) is 8.42 Å². The average Bonchev–Trinajstić information content (AvgIpc) is 2.99. The van der Waals surface area contributed by atoms with Gasteiger partial charge in [0.2, 0.25) is 5.72 Å². The molecule has 3 aromatic carbocycles. The van der Waals surface area contributed by atoms with Crippen molar-refractivity contribution in [1.82, 2.24) is 0 Å². The van der Waals surface area contributed by atoms with E-state index in [0.29, 0.717) is 29.7 Å². The molecule has 4 bridgehead atoms. The Bertz CT molecular complexity index is 1540. The molecule has 7 rings (SSSR count). The van der Waals surface area contributed by atoms with Gasteiger partial charge in [-0.15, -0.1) is 0 Å². The molecular weight excluding hydrogens is 582 g/mol. The Morgan fingerprint density at radius 2 is 1.73 bits per heavy atom. The minimum Gasteiger partial charge on any atom is -0.508 e. The Labute approximate surface area is 258 Å². The zero-order chi connectivity index (χ0) is 31.9. The standard InChI is InChI=1S/C33H41N3O7S/c1-2-23-21-31(44(40,41)42)26(10-17-30(39)25-6-13-28(38)14-7-25)20-22-4-11-27(12-5-22)33(18-3-19-37,36-32(34)35)43-29-15-8-24(23)9-16-29/h4-17,23,26,30-31,37-39H,2-3,18-21H2,1H3,(H4,34,35,36)(H,40,41,42)/b17-10+/t23-,26+,30-,31-,33+/m1/s1. The first kappa shape index (κ1) is 33.0. The summed E-state index contributed by atoms with van der Waals surface area (Å²) in [6, 6.07) is 20.6. The van der Waals surface area contributed by atoms with E-state index in [1.165, 1.54) is 18.2 Å². The SMILES string of the molecule is CC[C@@H]1C[C@@H](S(=O)(=O)O)[C@@H](/C=C/[C@@H](O)c2ccc(O)cc2)Cc2ccc(cc2)[C@@](CCCO)(N=C(N)N)Oc2ccc1cc2. The summed E-state index contributed by atoms with van der Waals surface area (Å²) in [5.41, 5.74) is 13.2. The van der Waals surface area contributed by atoms with Gasteiger partial charge < -0.3 is 31.5 Å². The number of aromatic hydroxyl groups is 1. The van der Waals surface area contributed by atoms with Gasteiger partial charge in [0.15, 0.2) is 5.96 Å². The van der Waals surface area contributed by atoms with Crippen molar-refractivity contribution in [1.29, 1.82) is 0 Å². The first-order chi connectivity index (χ1) is 20.9. The van der Waals surface area contributed by atoms with Crippen LogP contribution < -0.4 is 16.2 Å². The molecule has 0 radical (unpaired) electrons. The number of rotatable bonds is 9. The number of phenolic OH excluding ortho intramolecular Hbond substituents is 1. The number of phenols is 1. The van der Waals surface area contributed by atoms with Crippen LogP contribution in [0.1, 0.15) is 66.9 Å². The number of nitrogens with zero attached hydrogens (tertiary/aromatic N) is 1. The van der Waals surface area contributed by atoms with Gasteiger partial charge in [-0.05, 0) is 72.6 Å². The molecule has 8 N–H and O–H groups in total. The first-order valence-electron chi connectivity index (χ1n) is 14.7. The number of benzene rings is 3. The van der Waals surface area contributed by atoms with Gasteiger partial charge in [-0.25, -0.2) is 4.99 Å². The summed E-state index contributed by atoms with van der Waals surface area (Å²) in [5, 5.41) is 28.9. The van der Waals surface area contributed by atoms with Crippen LogP contribution in [-0.2, 0) is 22.3 Å². The number of guanidine groups is 1. The van der Waals surface area contributed by atoms with Crippen LogP contribution >= 0.6 is 0 Å². The van der Waals surface area contributed by atoms with Crippen LogP contribution in [0.25, 0.3) is 0 Å². The third-order valence-corrected chi connectivity index (χ3v) is 9.45. The lowest BCUT2D eigenvalue weighted by atomic mass is 9.85. The van der Waals surface area contributed by atoms with Crippen molar-refractivity contribution in [3.05, 3.63) is 107 Å². The molecule has 236 valence electrons. The molecule has 3 aromatic rings. The lowest BCUT2D eigenvalue weighted by Crippen LogP contribution is -2.37. The molecular formula is C33H41N3O7S. The Morgan fingerprint density at radius 1 is 1.07 bits per heavy atom. The molecule has 0 aromatic heterocycles. The van der Waals surface area contributed by atoms with Gasteiger partial charge in [-0.3, -0.25) is 4.55 Å². The van der Waals surface area contributed by atoms with E-state index in [1.807, 2.05) is 31.2 Å². The molecule has 0 fully saturated rings. The fourth-order valence-electron chi connectivity index (χ4n) is 5.79. The number of nitrogens with two attached hydrogens (primary N) is 2. The average molecular weight is 624 g/mol. The smallest absolute Gasteiger partial charge is 0.268 e. The predicted molar refractivity (Wildman–Crippen MR) is 170 cm³/mol. The maximum absolute atomic E-state index is 13.0. The highest BCUT2D eigenvalue weighted by molar-refractivity contribution is 7.86. The Morgan fingerprint density at radius 3 is 2.30 bits per heavy atom. The van der Waals surface area contributed by atoms with Crippen LogP contribution in [0.15, 0.2) is 89.9 Å². The second kappa shape index (κ2) is 14.3. The minimum absolute atomic E-state index is 0.0610. The third-order valence-electron chi connectivity index (χ3n) is 8.14. The van der Waals surface area contributed by atoms with Crippen LogP contribution in [-0.4, -0.2) is 46.1 Å². The minimum atomic E-state index is -4.52. The Kier molecular flexibility index (Phi) is 10.7. The molecule has 10 nitrogen and oxygen atoms in total. The lowest BCUT2D eigenvalue weighted by molar-refractivity contribution is 0.0576. The third kappa shape index (κ3) is 8.17. The highest BCUT2D eigenvalue weighted by atomic mass is 32.2. The maximum Gasteiger partial charge on any atom is 0.268 e. The molecule has 4 aliphatic rings. The van der Waals surface area contributed by atoms with Crippen molar-refractivity contribution in [2.24, 2.45) is 22.4 Å². The van der Waals surface area contributed by atoms with Crippen molar-refractivity contribution in [3.63, 3.8) is 0 Å². The summed E-state index contributed by atoms with van der Waals surface area (Å²) in [5.74, 6) is -0.542. The van der Waals surface area contributed by atoms with Crippen LogP contribution in [0.2, 0.25) is 0 Å². The molecule has 0 saturated carbocycles. The molecule has 44 heavy (non-hydrogen) atoms. The summed E-state index contributed by atoms with van der Waals surface area (Å²) >= 11 is 0. The maximum atomic E-state index is 13.0. The molecule has 11 heteroatoms. The van der Waals surface area contributed by atoms with Gasteiger partial charge in [-0.1, -0.05) is 67.6 Å². The monoisotopic (exact) mass is 623 g/mol. The van der Waals surface area contributed by atoms with Crippen LogP contribution in [0.5, 0.6) is 11.5 Å². The molecule has 0 spiro atoms. The largest absolute Gasteiger partial charge is 0.508 e. The lowest BCUT2D eigenvalue weighted by Gasteiger charge is -2.31. The molecule has 0 aliphatic carbocycles. The number of ether oxygens (including phenoxy) is 1. The van der Waals surface area contributed by atoms with Gasteiger partial charge in [0, 0.05) is 24.5 Å². The molecule has 0 amide bonds. The number of aliphatic imine (C=N–C) groups is 1. The zero-order valence-electron chi connectivity index (χ0n) is 24.7. The molecule has 0 unspecified atom stereocenters. The van der Waals surface area contributed by atoms with E-state index in [-0.39, 0.29) is 43.5 Å². The Hall–Kier alpha value is -3.90. The highest BCUT2D eigenvalue weighted by Crippen LogP contribution is 2.38. The van der Waals surface area contributed by atoms with Gasteiger partial charge >= 0.3 is 0 Å². The van der Waals surface area contributed by atoms with Crippen LogP contribution in [0.4, 0.5) is 0 Å². The zero-order valence-corrected chi connectivity index (χ0v) is 25.5. The van der Waals surface area contributed by atoms with Gasteiger partial charge in [0.25, 0.3) is 10.1 Å². The second-order valence-electron chi connectivity index (χ2n) is 11.2. The summed E-state index contributed by atoms with van der Waals surface area (Å²) < 4.78 is 42.9. The summed E-state index contributed by atoms with van der Waals surface area (Å²) in [7, 11) is -4.52. The normalized spacial score (nSPS) is 23.0. The van der Waals surface area contributed by atoms with E-state index < -0.39 is 33.1 Å². The number of hydrogen-bond acceptors (Lipinski definition) is 7. The highest BCUT2D eigenvalue weighted by Gasteiger charge is 2.36. The van der Waals surface area contributed by atoms with E-state index >= 15 is 0 Å². The first-order valence-corrected chi connectivity index (χ1v) is 16.2. The quantitative estimate of drug-likeness (QED) is 0.0875. The molecule has 0 saturated heterocycles. The fourth-order valence-corrected chi connectivity index (χ4v) is 6.90. The number of aliphatic hydroxyl groups is 2. The molecule has 5 atom stereocenters. The number of hydrogen-bond donors (Lipinski definition) is 6. The van der Waals surface area contributed by atoms with Crippen LogP contribution in [0.3, 0.4) is 0 Å². The second-order valence-corrected chi connectivity index (χ2v) is 12.8. The van der Waals surface area contributed by atoms with Crippen molar-refractivity contribution in [2.45, 2.75) is 62.0 Å².